The minimum atomic E-state index is -0.156. The number of hydrogen-bond donors (Lipinski definition) is 1. The van der Waals surface area contributed by atoms with Gasteiger partial charge in [-0.1, -0.05) is 27.5 Å². The van der Waals surface area contributed by atoms with Gasteiger partial charge < -0.3 is 9.72 Å². The molecule has 0 radical (unpaired) electrons. The van der Waals surface area contributed by atoms with Crippen molar-refractivity contribution in [3.05, 3.63) is 68.1 Å². The molecule has 1 heterocycles. The van der Waals surface area contributed by atoms with Gasteiger partial charge in [0.15, 0.2) is 0 Å². The first-order chi connectivity index (χ1) is 12.0. The predicted octanol–water partition coefficient (Wildman–Crippen LogP) is 3.85. The topological polar surface area (TPSA) is 58.2 Å². The maximum absolute atomic E-state index is 12.1. The Hall–Kier alpha value is -1.89. The molecule has 0 amide bonds. The fourth-order valence-corrected chi connectivity index (χ4v) is 2.85. The maximum Gasteiger partial charge on any atom is 0.258 e. The number of likely N-dealkylation sites (N-methyl/N-ethyl adjacent to an activating group) is 1. The second-order valence-corrected chi connectivity index (χ2v) is 7.07. The second kappa shape index (κ2) is 7.99. The van der Waals surface area contributed by atoms with Gasteiger partial charge in [0.05, 0.1) is 17.4 Å². The van der Waals surface area contributed by atoms with Crippen LogP contribution in [-0.4, -0.2) is 35.1 Å². The van der Waals surface area contributed by atoms with E-state index in [0.29, 0.717) is 41.4 Å². The lowest BCUT2D eigenvalue weighted by Crippen LogP contribution is -2.26. The number of halogens is 2. The number of hydrogen-bond acceptors (Lipinski definition) is 4. The number of benzene rings is 2. The number of aromatic amines is 1. The van der Waals surface area contributed by atoms with Gasteiger partial charge in [0.25, 0.3) is 5.56 Å². The van der Waals surface area contributed by atoms with Gasteiger partial charge in [-0.15, -0.1) is 0 Å². The largest absolute Gasteiger partial charge is 0.492 e. The fourth-order valence-electron chi connectivity index (χ4n) is 2.42. The summed E-state index contributed by atoms with van der Waals surface area (Å²) in [5.74, 6) is 1.43. The highest BCUT2D eigenvalue weighted by atomic mass is 79.9. The van der Waals surface area contributed by atoms with Crippen molar-refractivity contribution >= 4 is 38.4 Å². The molecule has 0 fully saturated rings. The monoisotopic (exact) mass is 421 g/mol. The van der Waals surface area contributed by atoms with E-state index in [1.807, 2.05) is 36.2 Å². The number of rotatable bonds is 6. The number of nitrogens with one attached hydrogen (secondary N) is 1. The summed E-state index contributed by atoms with van der Waals surface area (Å²) in [5.41, 5.74) is 0.446. The molecule has 0 aliphatic rings. The van der Waals surface area contributed by atoms with Crippen LogP contribution in [0.25, 0.3) is 10.9 Å². The fraction of sp³-hybridized carbons (Fsp3) is 0.222. The summed E-state index contributed by atoms with van der Waals surface area (Å²) in [4.78, 5) is 21.5. The molecule has 0 atom stereocenters. The molecule has 0 aliphatic carbocycles. The van der Waals surface area contributed by atoms with E-state index < -0.39 is 0 Å². The summed E-state index contributed by atoms with van der Waals surface area (Å²) >= 11 is 9.38. The van der Waals surface area contributed by atoms with Crippen LogP contribution in [0, 0.1) is 0 Å². The van der Waals surface area contributed by atoms with Gasteiger partial charge in [0.1, 0.15) is 18.2 Å². The van der Waals surface area contributed by atoms with E-state index in [-0.39, 0.29) is 5.56 Å². The lowest BCUT2D eigenvalue weighted by atomic mass is 10.2. The molecule has 0 saturated heterocycles. The van der Waals surface area contributed by atoms with E-state index >= 15 is 0 Å². The Morgan fingerprint density at radius 1 is 1.24 bits per heavy atom. The van der Waals surface area contributed by atoms with E-state index in [1.165, 1.54) is 0 Å². The van der Waals surface area contributed by atoms with Gasteiger partial charge in [-0.3, -0.25) is 9.69 Å². The van der Waals surface area contributed by atoms with Crippen molar-refractivity contribution in [2.45, 2.75) is 6.54 Å². The molecule has 25 heavy (non-hydrogen) atoms. The zero-order valence-electron chi connectivity index (χ0n) is 13.6. The highest BCUT2D eigenvalue weighted by molar-refractivity contribution is 9.10. The Kier molecular flexibility index (Phi) is 5.73. The summed E-state index contributed by atoms with van der Waals surface area (Å²) in [7, 11) is 1.95. The molecule has 0 aliphatic heterocycles. The zero-order valence-corrected chi connectivity index (χ0v) is 16.0. The van der Waals surface area contributed by atoms with Crippen molar-refractivity contribution in [1.29, 1.82) is 0 Å². The molecule has 2 aromatic carbocycles. The first-order valence-electron chi connectivity index (χ1n) is 7.76. The quantitative estimate of drug-likeness (QED) is 0.655. The molecule has 0 saturated carbocycles. The first kappa shape index (κ1) is 17.9. The van der Waals surface area contributed by atoms with E-state index in [9.17, 15) is 4.79 Å². The molecular formula is C18H17BrClN3O2. The van der Waals surface area contributed by atoms with Crippen molar-refractivity contribution in [1.82, 2.24) is 14.9 Å². The van der Waals surface area contributed by atoms with Crippen LogP contribution in [-0.2, 0) is 6.54 Å². The average molecular weight is 423 g/mol. The Bertz CT molecular complexity index is 928. The van der Waals surface area contributed by atoms with Crippen LogP contribution >= 0.6 is 27.5 Å². The van der Waals surface area contributed by atoms with Gasteiger partial charge in [0.2, 0.25) is 0 Å². The number of aromatic nitrogens is 2. The number of nitrogens with zero attached hydrogens (tertiary/aromatic N) is 2. The van der Waals surface area contributed by atoms with Crippen molar-refractivity contribution in [3.63, 3.8) is 0 Å². The first-order valence-corrected chi connectivity index (χ1v) is 8.94. The number of ether oxygens (including phenoxy) is 1. The van der Waals surface area contributed by atoms with Crippen LogP contribution in [0.5, 0.6) is 5.75 Å². The molecule has 1 aromatic heterocycles. The second-order valence-electron chi connectivity index (χ2n) is 5.71. The summed E-state index contributed by atoms with van der Waals surface area (Å²) in [6.45, 7) is 1.76. The number of fused-ring (bicyclic) bond motifs is 1. The zero-order chi connectivity index (χ0) is 17.8. The van der Waals surface area contributed by atoms with Gasteiger partial charge >= 0.3 is 0 Å². The summed E-state index contributed by atoms with van der Waals surface area (Å²) in [5, 5.41) is 1.10. The van der Waals surface area contributed by atoms with Crippen LogP contribution < -0.4 is 10.3 Å². The predicted molar refractivity (Wildman–Crippen MR) is 103 cm³/mol. The Morgan fingerprint density at radius 2 is 2.00 bits per heavy atom. The molecule has 1 N–H and O–H groups in total. The lowest BCUT2D eigenvalue weighted by Gasteiger charge is -2.16. The van der Waals surface area contributed by atoms with Gasteiger partial charge in [0, 0.05) is 16.0 Å². The van der Waals surface area contributed by atoms with Gasteiger partial charge in [-0.2, -0.15) is 0 Å². The lowest BCUT2D eigenvalue weighted by molar-refractivity contribution is 0.230. The van der Waals surface area contributed by atoms with Crippen molar-refractivity contribution in [2.75, 3.05) is 20.2 Å². The Labute approximate surface area is 158 Å². The standard InChI is InChI=1S/C18H17BrClN3O2/c1-23(8-9-25-14-5-2-12(19)3-6-14)11-17-21-16-10-13(20)4-7-15(16)18(24)22-17/h2-7,10H,8-9,11H2,1H3,(H,21,22,24). The third kappa shape index (κ3) is 4.81. The summed E-state index contributed by atoms with van der Waals surface area (Å²) < 4.78 is 6.72. The minimum absolute atomic E-state index is 0.156. The van der Waals surface area contributed by atoms with Gasteiger partial charge in [-0.05, 0) is 49.5 Å². The van der Waals surface area contributed by atoms with Crippen LogP contribution in [0.4, 0.5) is 0 Å². The molecule has 0 bridgehead atoms. The van der Waals surface area contributed by atoms with Crippen molar-refractivity contribution in [3.8, 4) is 5.75 Å². The molecule has 5 nitrogen and oxygen atoms in total. The molecule has 7 heteroatoms. The molecule has 3 aromatic rings. The van der Waals surface area contributed by atoms with Crippen LogP contribution in [0.15, 0.2) is 51.7 Å². The molecule has 130 valence electrons. The third-order valence-electron chi connectivity index (χ3n) is 3.69. The van der Waals surface area contributed by atoms with E-state index in [2.05, 4.69) is 25.9 Å². The summed E-state index contributed by atoms with van der Waals surface area (Å²) in [6, 6.07) is 12.8. The molecular weight excluding hydrogens is 406 g/mol. The smallest absolute Gasteiger partial charge is 0.258 e. The molecule has 3 rings (SSSR count). The highest BCUT2D eigenvalue weighted by Gasteiger charge is 2.07. The summed E-state index contributed by atoms with van der Waals surface area (Å²) in [6.07, 6.45) is 0. The van der Waals surface area contributed by atoms with E-state index in [1.54, 1.807) is 18.2 Å². The third-order valence-corrected chi connectivity index (χ3v) is 4.46. The normalized spacial score (nSPS) is 11.2. The SMILES string of the molecule is CN(CCOc1ccc(Br)cc1)Cc1nc2cc(Cl)ccc2c(=O)[nH]1. The average Bonchev–Trinajstić information content (AvgIpc) is 2.56. The minimum Gasteiger partial charge on any atom is -0.492 e. The maximum atomic E-state index is 12.1. The van der Waals surface area contributed by atoms with Crippen molar-refractivity contribution in [2.24, 2.45) is 0 Å². The number of H-pyrrole nitrogens is 1. The molecule has 0 spiro atoms. The van der Waals surface area contributed by atoms with Gasteiger partial charge in [-0.25, -0.2) is 4.98 Å². The van der Waals surface area contributed by atoms with Crippen LogP contribution in [0.1, 0.15) is 5.82 Å². The van der Waals surface area contributed by atoms with Crippen LogP contribution in [0.3, 0.4) is 0 Å². The van der Waals surface area contributed by atoms with Crippen LogP contribution in [0.2, 0.25) is 5.02 Å². The Balaban J connectivity index is 1.60. The van der Waals surface area contributed by atoms with Crippen molar-refractivity contribution < 1.29 is 4.74 Å². The molecule has 0 unspecified atom stereocenters. The van der Waals surface area contributed by atoms with E-state index in [0.717, 1.165) is 10.2 Å². The van der Waals surface area contributed by atoms with E-state index in [4.69, 9.17) is 16.3 Å². The Morgan fingerprint density at radius 3 is 2.76 bits per heavy atom. The highest BCUT2D eigenvalue weighted by Crippen LogP contribution is 2.16.